The third kappa shape index (κ3) is 3.80. The molecule has 8 heteroatoms. The average molecular weight is 409 g/mol. The third-order valence-corrected chi connectivity index (χ3v) is 5.80. The Kier molecular flexibility index (Phi) is 5.29. The van der Waals surface area contributed by atoms with E-state index in [9.17, 15) is 15.0 Å². The van der Waals surface area contributed by atoms with E-state index in [1.54, 1.807) is 39.2 Å². The van der Waals surface area contributed by atoms with Gasteiger partial charge in [-0.3, -0.25) is 9.78 Å². The van der Waals surface area contributed by atoms with Crippen molar-refractivity contribution in [3.05, 3.63) is 46.8 Å². The zero-order valence-electron chi connectivity index (χ0n) is 17.5. The van der Waals surface area contributed by atoms with Crippen molar-refractivity contribution in [2.24, 2.45) is 13.0 Å². The Morgan fingerprint density at radius 1 is 1.27 bits per heavy atom. The van der Waals surface area contributed by atoms with Crippen molar-refractivity contribution in [3.8, 4) is 11.3 Å². The molecule has 1 saturated carbocycles. The first-order valence-electron chi connectivity index (χ1n) is 10.2. The van der Waals surface area contributed by atoms with Crippen LogP contribution in [0.2, 0.25) is 0 Å². The van der Waals surface area contributed by atoms with Crippen molar-refractivity contribution >= 4 is 16.7 Å². The number of aliphatic hydroxyl groups is 2. The van der Waals surface area contributed by atoms with Gasteiger partial charge in [-0.15, -0.1) is 0 Å². The van der Waals surface area contributed by atoms with E-state index in [1.165, 1.54) is 10.9 Å². The predicted octanol–water partition coefficient (Wildman–Crippen LogP) is 2.19. The van der Waals surface area contributed by atoms with E-state index in [0.717, 1.165) is 24.8 Å². The third-order valence-electron chi connectivity index (χ3n) is 5.80. The van der Waals surface area contributed by atoms with Crippen LogP contribution in [0, 0.1) is 5.92 Å². The summed E-state index contributed by atoms with van der Waals surface area (Å²) in [6, 6.07) is 5.46. The Bertz CT molecular complexity index is 1120. The number of fused-ring (bicyclic) bond motifs is 1. The molecule has 0 bridgehead atoms. The van der Waals surface area contributed by atoms with Crippen molar-refractivity contribution in [1.29, 1.82) is 0 Å². The van der Waals surface area contributed by atoms with Gasteiger partial charge in [0.1, 0.15) is 16.8 Å². The fourth-order valence-corrected chi connectivity index (χ4v) is 4.00. The molecule has 1 aliphatic rings. The van der Waals surface area contributed by atoms with E-state index < -0.39 is 5.60 Å². The number of hydrogen-bond donors (Lipinski definition) is 3. The molecule has 3 aromatic rings. The minimum atomic E-state index is -1.03. The minimum absolute atomic E-state index is 0.0570. The molecule has 0 radical (unpaired) electrons. The molecule has 1 aliphatic carbocycles. The average Bonchev–Trinajstić information content (AvgIpc) is 3.17. The molecule has 3 aromatic heterocycles. The summed E-state index contributed by atoms with van der Waals surface area (Å²) in [5.74, 6) is 0.617. The lowest BCUT2D eigenvalue weighted by molar-refractivity contribution is 0.0739. The molecule has 0 unspecified atom stereocenters. The first kappa shape index (κ1) is 20.4. The van der Waals surface area contributed by atoms with Crippen LogP contribution in [0.3, 0.4) is 0 Å². The Morgan fingerprint density at radius 3 is 2.73 bits per heavy atom. The minimum Gasteiger partial charge on any atom is -0.396 e. The van der Waals surface area contributed by atoms with Crippen LogP contribution in [0.5, 0.6) is 0 Å². The number of nitrogens with zero attached hydrogens (tertiary/aromatic N) is 4. The van der Waals surface area contributed by atoms with Gasteiger partial charge in [-0.05, 0) is 44.9 Å². The SMILES string of the molecule is Cn1cnc2cc(-c3ccc(C(C)(C)O)nc3)nc(N[C@@H]3CCC[C@@H]3CO)c2c1=O. The molecule has 4 rings (SSSR count). The fraction of sp³-hybridized carbons (Fsp3) is 0.455. The molecule has 0 saturated heterocycles. The zero-order chi connectivity index (χ0) is 21.5. The van der Waals surface area contributed by atoms with Crippen molar-refractivity contribution in [1.82, 2.24) is 19.5 Å². The second kappa shape index (κ2) is 7.77. The van der Waals surface area contributed by atoms with E-state index >= 15 is 0 Å². The smallest absolute Gasteiger partial charge is 0.264 e. The van der Waals surface area contributed by atoms with Gasteiger partial charge in [-0.2, -0.15) is 0 Å². The Labute approximate surface area is 174 Å². The number of aromatic nitrogens is 4. The Balaban J connectivity index is 1.82. The van der Waals surface area contributed by atoms with Crippen LogP contribution in [0.1, 0.15) is 38.8 Å². The predicted molar refractivity (Wildman–Crippen MR) is 115 cm³/mol. The normalized spacial score (nSPS) is 19.4. The van der Waals surface area contributed by atoms with Crippen LogP contribution in [-0.2, 0) is 12.6 Å². The molecule has 2 atom stereocenters. The number of nitrogens with one attached hydrogen (secondary N) is 1. The highest BCUT2D eigenvalue weighted by molar-refractivity contribution is 5.91. The zero-order valence-corrected chi connectivity index (χ0v) is 17.5. The van der Waals surface area contributed by atoms with E-state index in [4.69, 9.17) is 4.98 Å². The van der Waals surface area contributed by atoms with E-state index in [1.807, 2.05) is 6.07 Å². The summed E-state index contributed by atoms with van der Waals surface area (Å²) in [6.07, 6.45) is 6.06. The summed E-state index contributed by atoms with van der Waals surface area (Å²) >= 11 is 0. The van der Waals surface area contributed by atoms with Crippen LogP contribution in [0.15, 0.2) is 35.5 Å². The molecular weight excluding hydrogens is 382 g/mol. The van der Waals surface area contributed by atoms with Crippen LogP contribution >= 0.6 is 0 Å². The fourth-order valence-electron chi connectivity index (χ4n) is 4.00. The number of rotatable bonds is 5. The second-order valence-corrected chi connectivity index (χ2v) is 8.53. The molecule has 158 valence electrons. The molecule has 1 fully saturated rings. The van der Waals surface area contributed by atoms with Crippen LogP contribution in [-0.4, -0.2) is 42.4 Å². The number of hydrogen-bond acceptors (Lipinski definition) is 7. The molecule has 0 spiro atoms. The van der Waals surface area contributed by atoms with Crippen molar-refractivity contribution in [3.63, 3.8) is 0 Å². The maximum atomic E-state index is 12.8. The summed E-state index contributed by atoms with van der Waals surface area (Å²) < 4.78 is 1.44. The molecule has 30 heavy (non-hydrogen) atoms. The summed E-state index contributed by atoms with van der Waals surface area (Å²) in [4.78, 5) is 26.4. The second-order valence-electron chi connectivity index (χ2n) is 8.53. The number of anilines is 1. The highest BCUT2D eigenvalue weighted by Gasteiger charge is 2.28. The first-order chi connectivity index (χ1) is 14.3. The summed E-state index contributed by atoms with van der Waals surface area (Å²) in [6.45, 7) is 3.47. The standard InChI is InChI=1S/C22H27N5O3/c1-22(2,30)18-8-7-13(10-23-18)16-9-17-19(21(29)27(3)12-24-17)20(26-16)25-15-6-4-5-14(15)11-28/h7-10,12,14-15,28,30H,4-6,11H2,1-3H3,(H,25,26)/t14-,15-/m1/s1. The number of aryl methyl sites for hydroxylation is 1. The van der Waals surface area contributed by atoms with Gasteiger partial charge in [0.05, 0.1) is 23.2 Å². The quantitative estimate of drug-likeness (QED) is 0.592. The summed E-state index contributed by atoms with van der Waals surface area (Å²) in [7, 11) is 1.66. The molecule has 0 amide bonds. The number of aliphatic hydroxyl groups excluding tert-OH is 1. The molecule has 0 aliphatic heterocycles. The lowest BCUT2D eigenvalue weighted by atomic mass is 10.0. The topological polar surface area (TPSA) is 113 Å². The largest absolute Gasteiger partial charge is 0.396 e. The van der Waals surface area contributed by atoms with Crippen molar-refractivity contribution in [2.75, 3.05) is 11.9 Å². The van der Waals surface area contributed by atoms with Crippen LogP contribution in [0.25, 0.3) is 22.2 Å². The molecule has 3 heterocycles. The lowest BCUT2D eigenvalue weighted by Crippen LogP contribution is -2.28. The van der Waals surface area contributed by atoms with Gasteiger partial charge in [0, 0.05) is 37.4 Å². The summed E-state index contributed by atoms with van der Waals surface area (Å²) in [5, 5.41) is 23.7. The summed E-state index contributed by atoms with van der Waals surface area (Å²) in [5.41, 5.74) is 1.32. The maximum absolute atomic E-state index is 12.8. The van der Waals surface area contributed by atoms with Crippen molar-refractivity contribution < 1.29 is 10.2 Å². The highest BCUT2D eigenvalue weighted by atomic mass is 16.3. The molecular formula is C22H27N5O3. The lowest BCUT2D eigenvalue weighted by Gasteiger charge is -2.21. The van der Waals surface area contributed by atoms with Gasteiger partial charge >= 0.3 is 0 Å². The first-order valence-corrected chi connectivity index (χ1v) is 10.2. The van der Waals surface area contributed by atoms with Gasteiger partial charge in [-0.25, -0.2) is 9.97 Å². The monoisotopic (exact) mass is 409 g/mol. The number of pyridine rings is 2. The van der Waals surface area contributed by atoms with E-state index in [0.29, 0.717) is 28.1 Å². The van der Waals surface area contributed by atoms with Gasteiger partial charge in [-0.1, -0.05) is 6.42 Å². The van der Waals surface area contributed by atoms with Crippen LogP contribution < -0.4 is 10.9 Å². The highest BCUT2D eigenvalue weighted by Crippen LogP contribution is 2.31. The van der Waals surface area contributed by atoms with Gasteiger partial charge in [0.2, 0.25) is 0 Å². The molecule has 8 nitrogen and oxygen atoms in total. The van der Waals surface area contributed by atoms with E-state index in [2.05, 4.69) is 15.3 Å². The molecule has 3 N–H and O–H groups in total. The maximum Gasteiger partial charge on any atom is 0.264 e. The van der Waals surface area contributed by atoms with Crippen molar-refractivity contribution in [2.45, 2.75) is 44.8 Å². The van der Waals surface area contributed by atoms with Gasteiger partial charge < -0.3 is 20.1 Å². The van der Waals surface area contributed by atoms with E-state index in [-0.39, 0.29) is 24.1 Å². The van der Waals surface area contributed by atoms with Gasteiger partial charge in [0.25, 0.3) is 5.56 Å². The molecule has 0 aromatic carbocycles. The van der Waals surface area contributed by atoms with Crippen LogP contribution in [0.4, 0.5) is 5.82 Å². The van der Waals surface area contributed by atoms with Gasteiger partial charge in [0.15, 0.2) is 0 Å². The Morgan fingerprint density at radius 2 is 2.07 bits per heavy atom. The Hall–Kier alpha value is -2.84.